The van der Waals surface area contributed by atoms with Gasteiger partial charge in [-0.1, -0.05) is 31.5 Å². The van der Waals surface area contributed by atoms with Gasteiger partial charge in [0.2, 0.25) is 0 Å². The van der Waals surface area contributed by atoms with Crippen molar-refractivity contribution in [2.75, 3.05) is 5.32 Å². The quantitative estimate of drug-likeness (QED) is 0.673. The summed E-state index contributed by atoms with van der Waals surface area (Å²) in [4.78, 5) is 37.2. The average molecular weight is 418 g/mol. The van der Waals surface area contributed by atoms with E-state index in [0.717, 1.165) is 17.7 Å². The topological polar surface area (TPSA) is 84.5 Å². The van der Waals surface area contributed by atoms with Crippen LogP contribution in [0, 0.1) is 24.5 Å². The molecule has 0 bridgehead atoms. The summed E-state index contributed by atoms with van der Waals surface area (Å²) in [5, 5.41) is 4.85. The molecule has 0 heterocycles. The van der Waals surface area contributed by atoms with Gasteiger partial charge in [-0.25, -0.2) is 13.6 Å². The third-order valence-electron chi connectivity index (χ3n) is 4.37. The Balaban J connectivity index is 2.01. The molecule has 2 N–H and O–H groups in total. The van der Waals surface area contributed by atoms with E-state index in [1.165, 1.54) is 6.92 Å². The average Bonchev–Trinajstić information content (AvgIpc) is 2.68. The molecule has 30 heavy (non-hydrogen) atoms. The van der Waals surface area contributed by atoms with E-state index in [0.29, 0.717) is 11.6 Å². The maximum atomic E-state index is 13.7. The van der Waals surface area contributed by atoms with Crippen LogP contribution in [0.3, 0.4) is 0 Å². The molecule has 0 aliphatic carbocycles. The first-order chi connectivity index (χ1) is 14.1. The van der Waals surface area contributed by atoms with Crippen LogP contribution < -0.4 is 10.6 Å². The fourth-order valence-electron chi connectivity index (χ4n) is 2.55. The summed E-state index contributed by atoms with van der Waals surface area (Å²) >= 11 is 0. The number of esters is 1. The molecule has 0 aliphatic heterocycles. The maximum absolute atomic E-state index is 13.7. The van der Waals surface area contributed by atoms with Crippen LogP contribution in [-0.4, -0.2) is 29.9 Å². The van der Waals surface area contributed by atoms with Crippen LogP contribution >= 0.6 is 0 Å². The molecule has 0 saturated carbocycles. The van der Waals surface area contributed by atoms with Gasteiger partial charge in [-0.3, -0.25) is 9.59 Å². The Kier molecular flexibility index (Phi) is 7.63. The van der Waals surface area contributed by atoms with Crippen molar-refractivity contribution in [2.24, 2.45) is 5.92 Å². The maximum Gasteiger partial charge on any atom is 0.329 e. The number of benzene rings is 2. The van der Waals surface area contributed by atoms with Gasteiger partial charge in [-0.2, -0.15) is 0 Å². The van der Waals surface area contributed by atoms with E-state index in [1.807, 2.05) is 6.92 Å². The zero-order valence-corrected chi connectivity index (χ0v) is 17.2. The van der Waals surface area contributed by atoms with E-state index in [9.17, 15) is 23.2 Å². The van der Waals surface area contributed by atoms with Crippen LogP contribution in [0.25, 0.3) is 0 Å². The molecule has 2 aromatic rings. The fourth-order valence-corrected chi connectivity index (χ4v) is 2.55. The van der Waals surface area contributed by atoms with E-state index in [4.69, 9.17) is 4.74 Å². The van der Waals surface area contributed by atoms with Gasteiger partial charge >= 0.3 is 5.97 Å². The monoisotopic (exact) mass is 418 g/mol. The summed E-state index contributed by atoms with van der Waals surface area (Å²) in [6.45, 7) is 6.65. The van der Waals surface area contributed by atoms with Crippen molar-refractivity contribution >= 4 is 23.5 Å². The second kappa shape index (κ2) is 9.96. The molecule has 0 aliphatic rings. The summed E-state index contributed by atoms with van der Waals surface area (Å²) < 4.78 is 31.8. The fraction of sp³-hybridized carbons (Fsp3) is 0.318. The second-order valence-corrected chi connectivity index (χ2v) is 7.25. The Morgan fingerprint density at radius 3 is 2.17 bits per heavy atom. The third-order valence-corrected chi connectivity index (χ3v) is 4.37. The van der Waals surface area contributed by atoms with E-state index in [-0.39, 0.29) is 11.6 Å². The Bertz CT molecular complexity index is 929. The van der Waals surface area contributed by atoms with Crippen LogP contribution in [0.15, 0.2) is 42.5 Å². The Morgan fingerprint density at radius 2 is 1.60 bits per heavy atom. The van der Waals surface area contributed by atoms with Crippen LogP contribution in [-0.2, 0) is 14.3 Å². The van der Waals surface area contributed by atoms with E-state index in [2.05, 4.69) is 10.6 Å². The molecule has 8 heteroatoms. The van der Waals surface area contributed by atoms with Gasteiger partial charge in [0, 0.05) is 11.6 Å². The number of hydrogen-bond acceptors (Lipinski definition) is 4. The lowest BCUT2D eigenvalue weighted by Gasteiger charge is -2.23. The normalized spacial score (nSPS) is 12.8. The molecule has 2 atom stereocenters. The molecule has 160 valence electrons. The summed E-state index contributed by atoms with van der Waals surface area (Å²) in [6, 6.07) is 8.53. The van der Waals surface area contributed by atoms with E-state index < -0.39 is 41.6 Å². The minimum atomic E-state index is -1.26. The van der Waals surface area contributed by atoms with Crippen molar-refractivity contribution < 1.29 is 27.9 Å². The lowest BCUT2D eigenvalue weighted by atomic mass is 10.0. The van der Waals surface area contributed by atoms with Crippen molar-refractivity contribution in [3.63, 3.8) is 0 Å². The minimum Gasteiger partial charge on any atom is -0.451 e. The van der Waals surface area contributed by atoms with Gasteiger partial charge in [-0.15, -0.1) is 0 Å². The number of ether oxygens (including phenoxy) is 1. The first-order valence-corrected chi connectivity index (χ1v) is 9.42. The van der Waals surface area contributed by atoms with Gasteiger partial charge in [0.1, 0.15) is 17.7 Å². The molecule has 1 unspecified atom stereocenters. The lowest BCUT2D eigenvalue weighted by Crippen LogP contribution is -2.47. The Labute approximate surface area is 173 Å². The predicted octanol–water partition coefficient (Wildman–Crippen LogP) is 3.60. The van der Waals surface area contributed by atoms with Gasteiger partial charge < -0.3 is 15.4 Å². The number of hydrogen-bond donors (Lipinski definition) is 2. The standard InChI is InChI=1S/C22H24F2N2O4/c1-12(2)19(26-21(28)15-7-5-13(3)6-8-15)22(29)30-14(4)20(27)25-18-10-9-16(23)11-17(18)24/h5-12,14,19H,1-4H3,(H,25,27)(H,26,28)/t14?,19-/m0/s1. The van der Waals surface area contributed by atoms with Crippen molar-refractivity contribution in [3.05, 3.63) is 65.2 Å². The summed E-state index contributed by atoms with van der Waals surface area (Å²) in [5.41, 5.74) is 1.14. The van der Waals surface area contributed by atoms with Gasteiger partial charge in [0.25, 0.3) is 11.8 Å². The number of halogens is 2. The van der Waals surface area contributed by atoms with Crippen LogP contribution in [0.2, 0.25) is 0 Å². The zero-order chi connectivity index (χ0) is 22.4. The first kappa shape index (κ1) is 23.0. The minimum absolute atomic E-state index is 0.239. The summed E-state index contributed by atoms with van der Waals surface area (Å²) in [5.74, 6) is -4.08. The second-order valence-electron chi connectivity index (χ2n) is 7.25. The third kappa shape index (κ3) is 6.10. The van der Waals surface area contributed by atoms with Gasteiger partial charge in [0.05, 0.1) is 5.69 Å². The number of anilines is 1. The van der Waals surface area contributed by atoms with Gasteiger partial charge in [-0.05, 0) is 44.0 Å². The highest BCUT2D eigenvalue weighted by Gasteiger charge is 2.29. The Hall–Kier alpha value is -3.29. The van der Waals surface area contributed by atoms with Crippen LogP contribution in [0.5, 0.6) is 0 Å². The largest absolute Gasteiger partial charge is 0.451 e. The van der Waals surface area contributed by atoms with E-state index in [1.54, 1.807) is 38.1 Å². The molecule has 2 aromatic carbocycles. The SMILES string of the molecule is Cc1ccc(C(=O)N[C@H](C(=O)OC(C)C(=O)Nc2ccc(F)cc2F)C(C)C)cc1. The molecule has 0 saturated heterocycles. The number of aryl methyl sites for hydroxylation is 1. The number of amides is 2. The molecule has 2 rings (SSSR count). The summed E-state index contributed by atoms with van der Waals surface area (Å²) in [6.07, 6.45) is -1.26. The van der Waals surface area contributed by atoms with Crippen molar-refractivity contribution in [2.45, 2.75) is 39.8 Å². The highest BCUT2D eigenvalue weighted by Crippen LogP contribution is 2.16. The number of nitrogens with one attached hydrogen (secondary N) is 2. The number of rotatable bonds is 7. The highest BCUT2D eigenvalue weighted by molar-refractivity contribution is 5.98. The van der Waals surface area contributed by atoms with Crippen LogP contribution in [0.4, 0.5) is 14.5 Å². The molecule has 0 aromatic heterocycles. The smallest absolute Gasteiger partial charge is 0.329 e. The summed E-state index contributed by atoms with van der Waals surface area (Å²) in [7, 11) is 0. The molecule has 0 fully saturated rings. The lowest BCUT2D eigenvalue weighted by molar-refractivity contribution is -0.156. The van der Waals surface area contributed by atoms with Crippen molar-refractivity contribution in [1.82, 2.24) is 5.32 Å². The molecular formula is C22H24F2N2O4. The van der Waals surface area contributed by atoms with Crippen molar-refractivity contribution in [1.29, 1.82) is 0 Å². The van der Waals surface area contributed by atoms with Crippen molar-refractivity contribution in [3.8, 4) is 0 Å². The van der Waals surface area contributed by atoms with Crippen LogP contribution in [0.1, 0.15) is 36.7 Å². The Morgan fingerprint density at radius 1 is 0.967 bits per heavy atom. The number of carbonyl (C=O) groups is 3. The molecular weight excluding hydrogens is 394 g/mol. The van der Waals surface area contributed by atoms with E-state index >= 15 is 0 Å². The zero-order valence-electron chi connectivity index (χ0n) is 17.2. The molecule has 2 amide bonds. The molecule has 0 radical (unpaired) electrons. The predicted molar refractivity (Wildman–Crippen MR) is 108 cm³/mol. The van der Waals surface area contributed by atoms with Gasteiger partial charge in [0.15, 0.2) is 6.10 Å². The first-order valence-electron chi connectivity index (χ1n) is 9.42. The molecule has 0 spiro atoms. The highest BCUT2D eigenvalue weighted by atomic mass is 19.1. The molecule has 6 nitrogen and oxygen atoms in total. The number of carbonyl (C=O) groups excluding carboxylic acids is 3.